The molecule has 3 aromatic rings. The lowest BCUT2D eigenvalue weighted by atomic mass is 10.1. The molecule has 0 fully saturated rings. The third-order valence-electron chi connectivity index (χ3n) is 4.65. The fourth-order valence-electron chi connectivity index (χ4n) is 3.03. The summed E-state index contributed by atoms with van der Waals surface area (Å²) < 4.78 is 6.95. The summed E-state index contributed by atoms with van der Waals surface area (Å²) in [5.41, 5.74) is 4.78. The smallest absolute Gasteiger partial charge is 0.204 e. The van der Waals surface area contributed by atoms with Gasteiger partial charge in [-0.15, -0.1) is 0 Å². The van der Waals surface area contributed by atoms with Gasteiger partial charge in [0.25, 0.3) is 0 Å². The van der Waals surface area contributed by atoms with Crippen LogP contribution in [-0.4, -0.2) is 17.8 Å². The first-order valence-electron chi connectivity index (χ1n) is 10.3. The maximum atomic E-state index is 6.37. The molecular formula is C23H28ClN3OS. The highest BCUT2D eigenvalue weighted by molar-refractivity contribution is 7.22. The Hall–Kier alpha value is -2.11. The van der Waals surface area contributed by atoms with Gasteiger partial charge in [-0.25, -0.2) is 4.98 Å². The maximum Gasteiger partial charge on any atom is 0.204 e. The molecule has 1 N–H and O–H groups in total. The zero-order valence-electron chi connectivity index (χ0n) is 16.9. The second kappa shape index (κ2) is 11.8. The first-order chi connectivity index (χ1) is 14.3. The Morgan fingerprint density at radius 2 is 1.86 bits per heavy atom. The summed E-state index contributed by atoms with van der Waals surface area (Å²) in [4.78, 5) is 4.49. The predicted octanol–water partition coefficient (Wildman–Crippen LogP) is 7.53. The van der Waals surface area contributed by atoms with Gasteiger partial charge in [-0.3, -0.25) is 5.43 Å². The lowest BCUT2D eigenvalue weighted by molar-refractivity contribution is 0.304. The molecule has 4 nitrogen and oxygen atoms in total. The summed E-state index contributed by atoms with van der Waals surface area (Å²) in [7, 11) is 0. The van der Waals surface area contributed by atoms with E-state index in [0.29, 0.717) is 5.02 Å². The fraction of sp³-hybridized carbons (Fsp3) is 0.391. The average molecular weight is 430 g/mol. The van der Waals surface area contributed by atoms with Crippen molar-refractivity contribution < 1.29 is 4.74 Å². The van der Waals surface area contributed by atoms with Gasteiger partial charge >= 0.3 is 0 Å². The second-order valence-electron chi connectivity index (χ2n) is 7.01. The Balaban J connectivity index is 1.42. The molecule has 0 saturated heterocycles. The number of unbranched alkanes of at least 4 members (excludes halogenated alkanes) is 6. The van der Waals surface area contributed by atoms with Crippen molar-refractivity contribution in [3.05, 3.63) is 53.1 Å². The van der Waals surface area contributed by atoms with Gasteiger partial charge in [0.2, 0.25) is 5.13 Å². The summed E-state index contributed by atoms with van der Waals surface area (Å²) in [5.74, 6) is 0.803. The van der Waals surface area contributed by atoms with Crippen LogP contribution < -0.4 is 10.2 Å². The number of thiazole rings is 1. The van der Waals surface area contributed by atoms with E-state index in [0.717, 1.165) is 39.7 Å². The number of hydrazone groups is 1. The molecule has 6 heteroatoms. The van der Waals surface area contributed by atoms with Gasteiger partial charge in [0.1, 0.15) is 5.75 Å². The van der Waals surface area contributed by atoms with Crippen LogP contribution in [0, 0.1) is 0 Å². The van der Waals surface area contributed by atoms with Crippen molar-refractivity contribution >= 4 is 44.5 Å². The summed E-state index contributed by atoms with van der Waals surface area (Å²) in [6.07, 6.45) is 10.6. The van der Waals surface area contributed by atoms with E-state index in [2.05, 4.69) is 22.4 Å². The third-order valence-corrected chi connectivity index (χ3v) is 5.91. The standard InChI is InChI=1S/C23H28ClN3OS/c1-2-3-4-5-6-7-10-15-28-19-14-13-18(20(24)16-19)17-25-27-23-26-21-11-8-9-12-22(21)29-23/h8-9,11-14,16-17H,2-7,10,15H2,1H3,(H,26,27)/b25-17-. The highest BCUT2D eigenvalue weighted by atomic mass is 35.5. The molecule has 0 amide bonds. The number of fused-ring (bicyclic) bond motifs is 1. The van der Waals surface area contributed by atoms with Gasteiger partial charge in [0.05, 0.1) is 28.1 Å². The first kappa shape index (κ1) is 21.6. The number of hydrogen-bond donors (Lipinski definition) is 1. The molecule has 1 aromatic heterocycles. The number of nitrogens with zero attached hydrogens (tertiary/aromatic N) is 2. The van der Waals surface area contributed by atoms with Gasteiger partial charge < -0.3 is 4.74 Å². The van der Waals surface area contributed by atoms with Gasteiger partial charge in [0.15, 0.2) is 0 Å². The third kappa shape index (κ3) is 7.02. The topological polar surface area (TPSA) is 46.5 Å². The lowest BCUT2D eigenvalue weighted by Crippen LogP contribution is -1.98. The number of rotatable bonds is 12. The van der Waals surface area contributed by atoms with E-state index in [9.17, 15) is 0 Å². The molecule has 154 valence electrons. The summed E-state index contributed by atoms with van der Waals surface area (Å²) in [6.45, 7) is 2.98. The Kier molecular flexibility index (Phi) is 8.78. The van der Waals surface area contributed by atoms with Crippen LogP contribution in [0.2, 0.25) is 5.02 Å². The number of para-hydroxylation sites is 1. The Morgan fingerprint density at radius 3 is 2.66 bits per heavy atom. The minimum atomic E-state index is 0.622. The molecule has 29 heavy (non-hydrogen) atoms. The first-order valence-corrected chi connectivity index (χ1v) is 11.5. The molecule has 1 heterocycles. The molecular weight excluding hydrogens is 402 g/mol. The average Bonchev–Trinajstić information content (AvgIpc) is 3.14. The van der Waals surface area contributed by atoms with Crippen LogP contribution in [0.3, 0.4) is 0 Å². The van der Waals surface area contributed by atoms with Crippen LogP contribution in [0.1, 0.15) is 57.4 Å². The van der Waals surface area contributed by atoms with E-state index < -0.39 is 0 Å². The fourth-order valence-corrected chi connectivity index (χ4v) is 4.06. The highest BCUT2D eigenvalue weighted by Crippen LogP contribution is 2.25. The summed E-state index contributed by atoms with van der Waals surface area (Å²) >= 11 is 7.94. The van der Waals surface area contributed by atoms with Crippen molar-refractivity contribution in [1.29, 1.82) is 0 Å². The maximum absolute atomic E-state index is 6.37. The number of ether oxygens (including phenoxy) is 1. The van der Waals surface area contributed by atoms with Crippen molar-refractivity contribution in [2.24, 2.45) is 5.10 Å². The zero-order valence-corrected chi connectivity index (χ0v) is 18.4. The molecule has 0 radical (unpaired) electrons. The Bertz CT molecular complexity index is 892. The largest absolute Gasteiger partial charge is 0.494 e. The van der Waals surface area contributed by atoms with E-state index in [1.807, 2.05) is 42.5 Å². The van der Waals surface area contributed by atoms with Crippen molar-refractivity contribution in [3.8, 4) is 5.75 Å². The number of nitrogens with one attached hydrogen (secondary N) is 1. The van der Waals surface area contributed by atoms with E-state index >= 15 is 0 Å². The molecule has 0 unspecified atom stereocenters. The number of halogens is 1. The van der Waals surface area contributed by atoms with Crippen LogP contribution in [0.15, 0.2) is 47.6 Å². The molecule has 0 aliphatic heterocycles. The van der Waals surface area contributed by atoms with E-state index in [4.69, 9.17) is 16.3 Å². The normalized spacial score (nSPS) is 11.4. The van der Waals surface area contributed by atoms with E-state index in [-0.39, 0.29) is 0 Å². The number of aromatic nitrogens is 1. The van der Waals surface area contributed by atoms with E-state index in [1.165, 1.54) is 38.5 Å². The minimum Gasteiger partial charge on any atom is -0.494 e. The van der Waals surface area contributed by atoms with Crippen molar-refractivity contribution in [3.63, 3.8) is 0 Å². The Labute approximate surface area is 182 Å². The molecule has 0 aliphatic rings. The number of anilines is 1. The molecule has 3 rings (SSSR count). The van der Waals surface area contributed by atoms with Crippen molar-refractivity contribution in [1.82, 2.24) is 4.98 Å². The van der Waals surface area contributed by atoms with Crippen molar-refractivity contribution in [2.75, 3.05) is 12.0 Å². The highest BCUT2D eigenvalue weighted by Gasteiger charge is 2.03. The number of hydrogen-bond acceptors (Lipinski definition) is 5. The van der Waals surface area contributed by atoms with Gasteiger partial charge in [0, 0.05) is 5.56 Å². The SMILES string of the molecule is CCCCCCCCCOc1ccc(/C=N\Nc2nc3ccccc3s2)c(Cl)c1. The molecule has 0 saturated carbocycles. The molecule has 0 atom stereocenters. The molecule has 2 aromatic carbocycles. The van der Waals surface area contributed by atoms with Crippen LogP contribution in [0.25, 0.3) is 10.2 Å². The Morgan fingerprint density at radius 1 is 1.07 bits per heavy atom. The van der Waals surface area contributed by atoms with Crippen molar-refractivity contribution in [2.45, 2.75) is 51.9 Å². The van der Waals surface area contributed by atoms with Gasteiger partial charge in [-0.05, 0) is 36.8 Å². The van der Waals surface area contributed by atoms with E-state index in [1.54, 1.807) is 17.6 Å². The monoisotopic (exact) mass is 429 g/mol. The minimum absolute atomic E-state index is 0.622. The molecule has 0 aliphatic carbocycles. The quantitative estimate of drug-likeness (QED) is 0.184. The van der Waals surface area contributed by atoms with Gasteiger partial charge in [-0.2, -0.15) is 5.10 Å². The lowest BCUT2D eigenvalue weighted by Gasteiger charge is -2.07. The summed E-state index contributed by atoms with van der Waals surface area (Å²) in [6, 6.07) is 13.7. The van der Waals surface area contributed by atoms with Crippen LogP contribution in [0.5, 0.6) is 5.75 Å². The van der Waals surface area contributed by atoms with Crippen LogP contribution >= 0.6 is 22.9 Å². The molecule has 0 spiro atoms. The zero-order chi connectivity index (χ0) is 20.3. The van der Waals surface area contributed by atoms with Crippen LogP contribution in [0.4, 0.5) is 5.13 Å². The van der Waals surface area contributed by atoms with Crippen LogP contribution in [-0.2, 0) is 0 Å². The summed E-state index contributed by atoms with van der Waals surface area (Å²) in [5, 5.41) is 5.64. The van der Waals surface area contributed by atoms with Gasteiger partial charge in [-0.1, -0.05) is 80.5 Å². The second-order valence-corrected chi connectivity index (χ2v) is 8.45. The molecule has 0 bridgehead atoms. The number of benzene rings is 2. The predicted molar refractivity (Wildman–Crippen MR) is 126 cm³/mol.